The first kappa shape index (κ1) is 17.5. The van der Waals surface area contributed by atoms with Crippen molar-refractivity contribution in [3.63, 3.8) is 0 Å². The SMILES string of the molecule is O=C(CN(CC1CCCO1)C(=O)c1cccc(F)c1)Nc1nccs1. The highest BCUT2D eigenvalue weighted by Gasteiger charge is 2.25. The molecule has 132 valence electrons. The maximum absolute atomic E-state index is 13.4. The van der Waals surface area contributed by atoms with Crippen molar-refractivity contribution >= 4 is 28.3 Å². The van der Waals surface area contributed by atoms with Gasteiger partial charge < -0.3 is 15.0 Å². The van der Waals surface area contributed by atoms with Crippen LogP contribution in [-0.4, -0.2) is 47.5 Å². The highest BCUT2D eigenvalue weighted by Crippen LogP contribution is 2.16. The zero-order valence-electron chi connectivity index (χ0n) is 13.5. The molecule has 8 heteroatoms. The molecule has 2 aromatic rings. The van der Waals surface area contributed by atoms with E-state index in [2.05, 4.69) is 10.3 Å². The van der Waals surface area contributed by atoms with Crippen LogP contribution in [-0.2, 0) is 9.53 Å². The first-order valence-corrected chi connectivity index (χ1v) is 8.85. The Labute approximate surface area is 148 Å². The summed E-state index contributed by atoms with van der Waals surface area (Å²) in [6.45, 7) is 0.799. The monoisotopic (exact) mass is 363 g/mol. The minimum atomic E-state index is -0.491. The van der Waals surface area contributed by atoms with E-state index < -0.39 is 11.7 Å². The number of carbonyl (C=O) groups excluding carboxylic acids is 2. The van der Waals surface area contributed by atoms with Crippen LogP contribution in [0, 0.1) is 5.82 Å². The molecule has 1 aromatic heterocycles. The van der Waals surface area contributed by atoms with Gasteiger partial charge in [0.05, 0.1) is 6.10 Å². The van der Waals surface area contributed by atoms with Crippen molar-refractivity contribution in [1.82, 2.24) is 9.88 Å². The van der Waals surface area contributed by atoms with E-state index in [9.17, 15) is 14.0 Å². The molecule has 3 rings (SSSR count). The third-order valence-corrected chi connectivity index (χ3v) is 4.51. The summed E-state index contributed by atoms with van der Waals surface area (Å²) in [5.41, 5.74) is 0.208. The van der Waals surface area contributed by atoms with Gasteiger partial charge in [-0.3, -0.25) is 9.59 Å². The zero-order valence-corrected chi connectivity index (χ0v) is 14.3. The quantitative estimate of drug-likeness (QED) is 0.856. The van der Waals surface area contributed by atoms with Gasteiger partial charge in [-0.2, -0.15) is 0 Å². The van der Waals surface area contributed by atoms with E-state index >= 15 is 0 Å². The van der Waals surface area contributed by atoms with E-state index in [1.807, 2.05) is 0 Å². The predicted octanol–water partition coefficient (Wildman–Crippen LogP) is 2.54. The Balaban J connectivity index is 1.71. The number of anilines is 1. The van der Waals surface area contributed by atoms with Crippen molar-refractivity contribution < 1.29 is 18.7 Å². The highest BCUT2D eigenvalue weighted by molar-refractivity contribution is 7.13. The summed E-state index contributed by atoms with van der Waals surface area (Å²) < 4.78 is 19.0. The molecule has 2 heterocycles. The molecule has 1 atom stereocenters. The maximum atomic E-state index is 13.4. The van der Waals surface area contributed by atoms with Crippen LogP contribution in [0.1, 0.15) is 23.2 Å². The molecule has 0 radical (unpaired) electrons. The second-order valence-corrected chi connectivity index (χ2v) is 6.61. The van der Waals surface area contributed by atoms with Crippen LogP contribution >= 0.6 is 11.3 Å². The normalized spacial score (nSPS) is 16.6. The van der Waals surface area contributed by atoms with E-state index in [1.54, 1.807) is 11.6 Å². The number of rotatable bonds is 6. The molecule has 0 spiro atoms. The second kappa shape index (κ2) is 8.17. The number of nitrogens with one attached hydrogen (secondary N) is 1. The Morgan fingerprint density at radius 1 is 1.44 bits per heavy atom. The van der Waals surface area contributed by atoms with Gasteiger partial charge in [0.2, 0.25) is 5.91 Å². The van der Waals surface area contributed by atoms with E-state index in [4.69, 9.17) is 4.74 Å². The van der Waals surface area contributed by atoms with Gasteiger partial charge in [-0.1, -0.05) is 6.07 Å². The first-order chi connectivity index (χ1) is 12.1. The van der Waals surface area contributed by atoms with E-state index in [-0.39, 0.29) is 24.1 Å². The molecule has 1 N–H and O–H groups in total. The lowest BCUT2D eigenvalue weighted by molar-refractivity contribution is -0.117. The molecule has 25 heavy (non-hydrogen) atoms. The summed E-state index contributed by atoms with van der Waals surface area (Å²) in [6, 6.07) is 5.45. The van der Waals surface area contributed by atoms with Crippen molar-refractivity contribution in [2.45, 2.75) is 18.9 Å². The van der Waals surface area contributed by atoms with Crippen LogP contribution in [0.5, 0.6) is 0 Å². The molecule has 6 nitrogen and oxygen atoms in total. The summed E-state index contributed by atoms with van der Waals surface area (Å²) in [5.74, 6) is -1.24. The lowest BCUT2D eigenvalue weighted by atomic mass is 10.1. The lowest BCUT2D eigenvalue weighted by Gasteiger charge is -2.25. The summed E-state index contributed by atoms with van der Waals surface area (Å²) in [5, 5.41) is 4.87. The largest absolute Gasteiger partial charge is 0.376 e. The molecular weight excluding hydrogens is 345 g/mol. The van der Waals surface area contributed by atoms with Gasteiger partial charge in [0.25, 0.3) is 5.91 Å². The molecule has 1 aliphatic rings. The Kier molecular flexibility index (Phi) is 5.72. The Morgan fingerprint density at radius 2 is 2.32 bits per heavy atom. The predicted molar refractivity (Wildman–Crippen MR) is 92.0 cm³/mol. The molecule has 0 aliphatic carbocycles. The fraction of sp³-hybridized carbons (Fsp3) is 0.353. The molecule has 1 saturated heterocycles. The zero-order chi connectivity index (χ0) is 17.6. The molecule has 1 fully saturated rings. The number of amides is 2. The van der Waals surface area contributed by atoms with Crippen LogP contribution in [0.2, 0.25) is 0 Å². The second-order valence-electron chi connectivity index (χ2n) is 5.72. The lowest BCUT2D eigenvalue weighted by Crippen LogP contribution is -2.42. The fourth-order valence-corrected chi connectivity index (χ4v) is 3.22. The first-order valence-electron chi connectivity index (χ1n) is 7.97. The number of aromatic nitrogens is 1. The molecule has 0 bridgehead atoms. The topological polar surface area (TPSA) is 71.5 Å². The number of ether oxygens (including phenoxy) is 1. The minimum Gasteiger partial charge on any atom is -0.376 e. The van der Waals surface area contributed by atoms with E-state index in [1.165, 1.54) is 40.5 Å². The van der Waals surface area contributed by atoms with Gasteiger partial charge in [0, 0.05) is 30.3 Å². The number of nitrogens with zero attached hydrogens (tertiary/aromatic N) is 2. The summed E-state index contributed by atoms with van der Waals surface area (Å²) in [4.78, 5) is 30.4. The van der Waals surface area contributed by atoms with Crippen molar-refractivity contribution in [2.24, 2.45) is 0 Å². The number of halogens is 1. The van der Waals surface area contributed by atoms with Crippen LogP contribution in [0.3, 0.4) is 0 Å². The molecule has 0 saturated carbocycles. The molecule has 2 amide bonds. The molecular formula is C17H18FN3O3S. The average Bonchev–Trinajstić information content (AvgIpc) is 3.27. The summed E-state index contributed by atoms with van der Waals surface area (Å²) >= 11 is 1.30. The standard InChI is InChI=1S/C17H18FN3O3S/c18-13-4-1-3-12(9-13)16(23)21(10-14-5-2-7-24-14)11-15(22)20-17-19-6-8-25-17/h1,3-4,6,8-9,14H,2,5,7,10-11H2,(H,19,20,22). The third-order valence-electron chi connectivity index (χ3n) is 3.82. The number of benzene rings is 1. The van der Waals surface area contributed by atoms with Crippen molar-refractivity contribution in [3.05, 3.63) is 47.2 Å². The Bertz CT molecular complexity index is 732. The minimum absolute atomic E-state index is 0.106. The van der Waals surface area contributed by atoms with Crippen LogP contribution in [0.15, 0.2) is 35.8 Å². The van der Waals surface area contributed by atoms with Gasteiger partial charge in [0.1, 0.15) is 12.4 Å². The average molecular weight is 363 g/mol. The van der Waals surface area contributed by atoms with Gasteiger partial charge in [0.15, 0.2) is 5.13 Å². The van der Waals surface area contributed by atoms with Crippen LogP contribution in [0.25, 0.3) is 0 Å². The molecule has 1 aliphatic heterocycles. The highest BCUT2D eigenvalue weighted by atomic mass is 32.1. The van der Waals surface area contributed by atoms with Gasteiger partial charge in [-0.15, -0.1) is 11.3 Å². The number of hydrogen-bond donors (Lipinski definition) is 1. The molecule has 1 aromatic carbocycles. The summed E-state index contributed by atoms with van der Waals surface area (Å²) in [7, 11) is 0. The van der Waals surface area contributed by atoms with Crippen LogP contribution < -0.4 is 5.32 Å². The van der Waals surface area contributed by atoms with E-state index in [0.29, 0.717) is 18.3 Å². The Morgan fingerprint density at radius 3 is 3.00 bits per heavy atom. The Hall–Kier alpha value is -2.32. The smallest absolute Gasteiger partial charge is 0.254 e. The number of hydrogen-bond acceptors (Lipinski definition) is 5. The number of carbonyl (C=O) groups is 2. The van der Waals surface area contributed by atoms with Gasteiger partial charge >= 0.3 is 0 Å². The molecule has 1 unspecified atom stereocenters. The van der Waals surface area contributed by atoms with E-state index in [0.717, 1.165) is 12.8 Å². The van der Waals surface area contributed by atoms with Crippen molar-refractivity contribution in [1.29, 1.82) is 0 Å². The van der Waals surface area contributed by atoms with Gasteiger partial charge in [-0.05, 0) is 31.0 Å². The fourth-order valence-electron chi connectivity index (χ4n) is 2.67. The van der Waals surface area contributed by atoms with Crippen molar-refractivity contribution in [2.75, 3.05) is 25.0 Å². The van der Waals surface area contributed by atoms with Crippen LogP contribution in [0.4, 0.5) is 9.52 Å². The number of thiazole rings is 1. The third kappa shape index (κ3) is 4.83. The van der Waals surface area contributed by atoms with Crippen molar-refractivity contribution in [3.8, 4) is 0 Å². The maximum Gasteiger partial charge on any atom is 0.254 e. The summed E-state index contributed by atoms with van der Waals surface area (Å²) in [6.07, 6.45) is 3.24. The van der Waals surface area contributed by atoms with Gasteiger partial charge in [-0.25, -0.2) is 9.37 Å².